The first-order valence-corrected chi connectivity index (χ1v) is 8.99. The SMILES string of the molecule is CN(C)S(=O)(=O)N1CCCC(CNC(=O)C2CCCN2)C1. The van der Waals surface area contributed by atoms with E-state index in [-0.39, 0.29) is 17.9 Å². The smallest absolute Gasteiger partial charge is 0.281 e. The van der Waals surface area contributed by atoms with Crippen LogP contribution in [0.1, 0.15) is 25.7 Å². The normalized spacial score (nSPS) is 28.0. The van der Waals surface area contributed by atoms with Crippen LogP contribution in [0.25, 0.3) is 0 Å². The number of carbonyl (C=O) groups excluding carboxylic acids is 1. The quantitative estimate of drug-likeness (QED) is 0.707. The number of piperidine rings is 1. The Morgan fingerprint density at radius 2 is 2.10 bits per heavy atom. The van der Waals surface area contributed by atoms with E-state index in [1.165, 1.54) is 8.61 Å². The van der Waals surface area contributed by atoms with Crippen molar-refractivity contribution in [1.82, 2.24) is 19.2 Å². The van der Waals surface area contributed by atoms with Gasteiger partial charge in [-0.25, -0.2) is 0 Å². The van der Waals surface area contributed by atoms with Gasteiger partial charge < -0.3 is 10.6 Å². The second-order valence-corrected chi connectivity index (χ2v) is 8.19. The molecule has 2 saturated heterocycles. The van der Waals surface area contributed by atoms with E-state index in [0.717, 1.165) is 32.2 Å². The Kier molecular flexibility index (Phi) is 5.59. The fourth-order valence-corrected chi connectivity index (χ4v) is 4.13. The third-order valence-electron chi connectivity index (χ3n) is 4.21. The first-order valence-electron chi connectivity index (χ1n) is 7.60. The average Bonchev–Trinajstić information content (AvgIpc) is 2.99. The number of hydrogen-bond donors (Lipinski definition) is 2. The van der Waals surface area contributed by atoms with Gasteiger partial charge in [-0.15, -0.1) is 0 Å². The monoisotopic (exact) mass is 318 g/mol. The molecule has 2 rings (SSSR count). The van der Waals surface area contributed by atoms with Gasteiger partial charge in [-0.1, -0.05) is 0 Å². The number of nitrogens with one attached hydrogen (secondary N) is 2. The lowest BCUT2D eigenvalue weighted by atomic mass is 9.99. The maximum atomic E-state index is 12.1. The summed E-state index contributed by atoms with van der Waals surface area (Å²) >= 11 is 0. The molecule has 8 heteroatoms. The van der Waals surface area contributed by atoms with Crippen molar-refractivity contribution in [2.24, 2.45) is 5.92 Å². The Morgan fingerprint density at radius 3 is 2.71 bits per heavy atom. The molecule has 2 atom stereocenters. The van der Waals surface area contributed by atoms with Crippen LogP contribution >= 0.6 is 0 Å². The number of hydrogen-bond acceptors (Lipinski definition) is 4. The van der Waals surface area contributed by atoms with Crippen molar-refractivity contribution in [3.8, 4) is 0 Å². The molecule has 0 aromatic heterocycles. The van der Waals surface area contributed by atoms with E-state index in [4.69, 9.17) is 0 Å². The summed E-state index contributed by atoms with van der Waals surface area (Å²) in [6, 6.07) is -0.0739. The molecule has 21 heavy (non-hydrogen) atoms. The summed E-state index contributed by atoms with van der Waals surface area (Å²) < 4.78 is 27.0. The van der Waals surface area contributed by atoms with Crippen LogP contribution in [0.2, 0.25) is 0 Å². The van der Waals surface area contributed by atoms with E-state index in [0.29, 0.717) is 19.6 Å². The standard InChI is InChI=1S/C13H26N4O3S/c1-16(2)21(19,20)17-8-4-5-11(10-17)9-15-13(18)12-6-3-7-14-12/h11-12,14H,3-10H2,1-2H3,(H,15,18). The molecule has 0 aromatic rings. The maximum Gasteiger partial charge on any atom is 0.281 e. The molecular formula is C13H26N4O3S. The first-order chi connectivity index (χ1) is 9.91. The highest BCUT2D eigenvalue weighted by molar-refractivity contribution is 7.86. The second-order valence-electron chi connectivity index (χ2n) is 6.05. The maximum absolute atomic E-state index is 12.1. The predicted molar refractivity (Wildman–Crippen MR) is 80.9 cm³/mol. The van der Waals surface area contributed by atoms with Crippen LogP contribution in [0.15, 0.2) is 0 Å². The van der Waals surface area contributed by atoms with Gasteiger partial charge in [-0.2, -0.15) is 17.0 Å². The molecule has 2 fully saturated rings. The minimum atomic E-state index is -3.35. The van der Waals surface area contributed by atoms with Crippen LogP contribution in [-0.4, -0.2) is 69.3 Å². The molecule has 2 heterocycles. The summed E-state index contributed by atoms with van der Waals surface area (Å²) in [6.45, 7) is 2.50. The number of amides is 1. The Balaban J connectivity index is 1.83. The number of rotatable bonds is 5. The van der Waals surface area contributed by atoms with Crippen LogP contribution in [0, 0.1) is 5.92 Å². The van der Waals surface area contributed by atoms with Crippen molar-refractivity contribution in [2.45, 2.75) is 31.7 Å². The summed E-state index contributed by atoms with van der Waals surface area (Å²) in [5.74, 6) is 0.235. The highest BCUT2D eigenvalue weighted by Gasteiger charge is 2.31. The number of carbonyl (C=O) groups is 1. The predicted octanol–water partition coefficient (Wildman–Crippen LogP) is -0.627. The van der Waals surface area contributed by atoms with E-state index < -0.39 is 10.2 Å². The molecule has 0 aromatic carbocycles. The van der Waals surface area contributed by atoms with Crippen LogP contribution in [0.5, 0.6) is 0 Å². The lowest BCUT2D eigenvalue weighted by Gasteiger charge is -2.33. The summed E-state index contributed by atoms with van der Waals surface area (Å²) in [7, 11) is -0.249. The fraction of sp³-hybridized carbons (Fsp3) is 0.923. The Morgan fingerprint density at radius 1 is 1.33 bits per heavy atom. The molecule has 2 aliphatic heterocycles. The Bertz CT molecular complexity index is 460. The zero-order valence-electron chi connectivity index (χ0n) is 12.8. The zero-order valence-corrected chi connectivity index (χ0v) is 13.7. The van der Waals surface area contributed by atoms with E-state index >= 15 is 0 Å². The molecule has 0 bridgehead atoms. The van der Waals surface area contributed by atoms with Gasteiger partial charge in [0.15, 0.2) is 0 Å². The highest BCUT2D eigenvalue weighted by atomic mass is 32.2. The Hall–Kier alpha value is -0.700. The lowest BCUT2D eigenvalue weighted by Crippen LogP contribution is -2.49. The molecule has 122 valence electrons. The van der Waals surface area contributed by atoms with Gasteiger partial charge in [0.2, 0.25) is 5.91 Å². The third kappa shape index (κ3) is 4.15. The van der Waals surface area contributed by atoms with Gasteiger partial charge in [0, 0.05) is 33.7 Å². The summed E-state index contributed by atoms with van der Waals surface area (Å²) in [5, 5.41) is 6.13. The Labute approximate surface area is 127 Å². The van der Waals surface area contributed by atoms with Crippen molar-refractivity contribution in [3.05, 3.63) is 0 Å². The van der Waals surface area contributed by atoms with Crippen molar-refractivity contribution < 1.29 is 13.2 Å². The molecule has 7 nitrogen and oxygen atoms in total. The van der Waals surface area contributed by atoms with Gasteiger partial charge >= 0.3 is 0 Å². The van der Waals surface area contributed by atoms with Crippen LogP contribution in [-0.2, 0) is 15.0 Å². The summed E-state index contributed by atoms with van der Waals surface area (Å²) in [5.41, 5.74) is 0. The van der Waals surface area contributed by atoms with E-state index in [1.54, 1.807) is 14.1 Å². The molecule has 2 N–H and O–H groups in total. The third-order valence-corrected chi connectivity index (χ3v) is 6.12. The minimum Gasteiger partial charge on any atom is -0.354 e. The van der Waals surface area contributed by atoms with Gasteiger partial charge in [-0.3, -0.25) is 4.79 Å². The van der Waals surface area contributed by atoms with Gasteiger partial charge in [0.25, 0.3) is 10.2 Å². The van der Waals surface area contributed by atoms with Gasteiger partial charge in [0.05, 0.1) is 6.04 Å². The molecule has 0 radical (unpaired) electrons. The van der Waals surface area contributed by atoms with Crippen LogP contribution in [0.4, 0.5) is 0 Å². The molecule has 2 unspecified atom stereocenters. The van der Waals surface area contributed by atoms with Crippen LogP contribution < -0.4 is 10.6 Å². The zero-order chi connectivity index (χ0) is 15.5. The topological polar surface area (TPSA) is 81.8 Å². The van der Waals surface area contributed by atoms with Gasteiger partial charge in [0.1, 0.15) is 0 Å². The molecule has 1 amide bonds. The second kappa shape index (κ2) is 7.04. The highest BCUT2D eigenvalue weighted by Crippen LogP contribution is 2.19. The van der Waals surface area contributed by atoms with Crippen LogP contribution in [0.3, 0.4) is 0 Å². The number of nitrogens with zero attached hydrogens (tertiary/aromatic N) is 2. The fourth-order valence-electron chi connectivity index (χ4n) is 2.91. The van der Waals surface area contributed by atoms with Gasteiger partial charge in [-0.05, 0) is 38.1 Å². The van der Waals surface area contributed by atoms with E-state index in [9.17, 15) is 13.2 Å². The minimum absolute atomic E-state index is 0.0418. The van der Waals surface area contributed by atoms with E-state index in [2.05, 4.69) is 10.6 Å². The van der Waals surface area contributed by atoms with Crippen molar-refractivity contribution in [3.63, 3.8) is 0 Å². The molecule has 2 aliphatic rings. The molecule has 0 spiro atoms. The molecule has 0 aliphatic carbocycles. The summed E-state index contributed by atoms with van der Waals surface area (Å²) in [6.07, 6.45) is 3.72. The summed E-state index contributed by atoms with van der Waals surface area (Å²) in [4.78, 5) is 12.0. The van der Waals surface area contributed by atoms with Crippen molar-refractivity contribution in [1.29, 1.82) is 0 Å². The van der Waals surface area contributed by atoms with E-state index in [1.807, 2.05) is 0 Å². The average molecular weight is 318 g/mol. The first kappa shape index (κ1) is 16.7. The lowest BCUT2D eigenvalue weighted by molar-refractivity contribution is -0.123. The molecule has 0 saturated carbocycles. The largest absolute Gasteiger partial charge is 0.354 e. The van der Waals surface area contributed by atoms with Crippen molar-refractivity contribution >= 4 is 16.1 Å². The molecular weight excluding hydrogens is 292 g/mol. The van der Waals surface area contributed by atoms with Crippen molar-refractivity contribution in [2.75, 3.05) is 40.3 Å².